The van der Waals surface area contributed by atoms with Crippen LogP contribution in [0.3, 0.4) is 0 Å². The maximum Gasteiger partial charge on any atom is 0.509 e. The molecule has 4 nitrogen and oxygen atoms in total. The number of rotatable bonds is 4. The minimum atomic E-state index is -5.18. The standard InChI is InChI=1S/C11H8F5NO3/c12-6-2-1-5(3-7(6)13)4-8(9(18)19)17-10(20)11(14,15)16/h1-3,8H,4H2,(H,17,20)(H,18,19)/p+1/t8-/m1/s1. The fourth-order valence-corrected chi connectivity index (χ4v) is 1.42. The first kappa shape index (κ1) is 16.0. The number of primary amides is 1. The molecule has 20 heavy (non-hydrogen) atoms. The third kappa shape index (κ3) is 4.26. The highest BCUT2D eigenvalue weighted by Gasteiger charge is 2.45. The average Bonchev–Trinajstić information content (AvgIpc) is 2.31. The van der Waals surface area contributed by atoms with Gasteiger partial charge in [-0.3, -0.25) is 5.32 Å². The van der Waals surface area contributed by atoms with E-state index in [0.29, 0.717) is 6.07 Å². The second kappa shape index (κ2) is 5.95. The summed E-state index contributed by atoms with van der Waals surface area (Å²) in [6.07, 6.45) is -5.74. The quantitative estimate of drug-likeness (QED) is 0.800. The number of aliphatic carboxylic acids is 1. The zero-order valence-corrected chi connectivity index (χ0v) is 9.75. The van der Waals surface area contributed by atoms with Crippen LogP contribution < -0.4 is 5.32 Å². The molecule has 0 aliphatic carbocycles. The van der Waals surface area contributed by atoms with Crippen molar-refractivity contribution in [3.05, 3.63) is 35.4 Å². The van der Waals surface area contributed by atoms with E-state index in [1.165, 1.54) is 0 Å². The monoisotopic (exact) mass is 298 g/mol. The van der Waals surface area contributed by atoms with Crippen molar-refractivity contribution in [2.24, 2.45) is 0 Å². The van der Waals surface area contributed by atoms with Crippen LogP contribution in [0, 0.1) is 11.6 Å². The number of alkyl halides is 3. The van der Waals surface area contributed by atoms with Crippen molar-refractivity contribution < 1.29 is 42.0 Å². The van der Waals surface area contributed by atoms with Gasteiger partial charge in [-0.15, -0.1) is 0 Å². The second-order valence-electron chi connectivity index (χ2n) is 3.93. The molecule has 1 aromatic rings. The van der Waals surface area contributed by atoms with Crippen LogP contribution in [0.25, 0.3) is 0 Å². The third-order valence-corrected chi connectivity index (χ3v) is 2.39. The molecule has 9 heteroatoms. The Bertz CT molecular complexity index is 529. The van der Waals surface area contributed by atoms with Crippen LogP contribution in [0.15, 0.2) is 18.2 Å². The second-order valence-corrected chi connectivity index (χ2v) is 3.93. The van der Waals surface area contributed by atoms with Crippen molar-refractivity contribution in [3.63, 3.8) is 0 Å². The molecule has 1 atom stereocenters. The van der Waals surface area contributed by atoms with Crippen molar-refractivity contribution >= 4 is 11.9 Å². The molecule has 0 aromatic heterocycles. The highest BCUT2D eigenvalue weighted by atomic mass is 19.4. The van der Waals surface area contributed by atoms with Crippen LogP contribution in [0.1, 0.15) is 5.56 Å². The summed E-state index contributed by atoms with van der Waals surface area (Å²) < 4.78 is 61.7. The molecule has 0 aliphatic rings. The Morgan fingerprint density at radius 3 is 2.25 bits per heavy atom. The molecule has 3 N–H and O–H groups in total. The maximum absolute atomic E-state index is 12.9. The van der Waals surface area contributed by atoms with Crippen molar-refractivity contribution in [2.45, 2.75) is 18.6 Å². The Kier molecular flexibility index (Phi) is 4.77. The number of carboxylic acid groups (broad SMARTS) is 1. The first-order valence-electron chi connectivity index (χ1n) is 5.24. The summed E-state index contributed by atoms with van der Waals surface area (Å²) >= 11 is 0. The van der Waals surface area contributed by atoms with Gasteiger partial charge in [0.1, 0.15) is 0 Å². The first-order valence-corrected chi connectivity index (χ1v) is 5.24. The van der Waals surface area contributed by atoms with Gasteiger partial charge in [-0.1, -0.05) is 6.07 Å². The molecule has 1 rings (SSSR count). The zero-order chi connectivity index (χ0) is 15.5. The van der Waals surface area contributed by atoms with Crippen LogP contribution in [-0.2, 0) is 16.0 Å². The number of hydrogen-bond donors (Lipinski definition) is 2. The van der Waals surface area contributed by atoms with E-state index in [9.17, 15) is 31.5 Å². The molecule has 0 bridgehead atoms. The van der Waals surface area contributed by atoms with E-state index in [1.54, 1.807) is 0 Å². The molecular formula is C11H9F5NO3+. The highest BCUT2D eigenvalue weighted by molar-refractivity contribution is 5.77. The number of amides is 1. The summed E-state index contributed by atoms with van der Waals surface area (Å²) in [7, 11) is 0. The number of carbonyl (C=O) groups excluding carboxylic acids is 1. The third-order valence-electron chi connectivity index (χ3n) is 2.39. The zero-order valence-electron chi connectivity index (χ0n) is 9.75. The summed E-state index contributed by atoms with van der Waals surface area (Å²) in [4.78, 5) is 21.5. The lowest BCUT2D eigenvalue weighted by molar-refractivity contribution is -0.605. The molecule has 1 amide bonds. The van der Waals surface area contributed by atoms with Crippen molar-refractivity contribution in [1.29, 1.82) is 0 Å². The predicted octanol–water partition coefficient (Wildman–Crippen LogP) is 0.613. The Morgan fingerprint density at radius 1 is 1.20 bits per heavy atom. The summed E-state index contributed by atoms with van der Waals surface area (Å²) in [6, 6.07) is 0.626. The fraction of sp³-hybridized carbons (Fsp3) is 0.273. The Hall–Kier alpha value is -2.03. The van der Waals surface area contributed by atoms with Gasteiger partial charge in [0.15, 0.2) is 17.7 Å². The molecular weight excluding hydrogens is 289 g/mol. The van der Waals surface area contributed by atoms with Gasteiger partial charge in [-0.2, -0.15) is 13.2 Å². The van der Waals surface area contributed by atoms with Gasteiger partial charge in [-0.05, 0) is 17.7 Å². The number of hydrogen-bond acceptors (Lipinski definition) is 2. The molecule has 0 fully saturated rings. The van der Waals surface area contributed by atoms with Gasteiger partial charge in [0, 0.05) is 6.42 Å². The SMILES string of the molecule is O=C(O)[C@@H](Cc1ccc(F)c(F)c1)[NH2+]C(=O)C(F)(F)F. The number of carbonyl (C=O) groups is 2. The van der Waals surface area contributed by atoms with Crippen molar-refractivity contribution in [3.8, 4) is 0 Å². The molecule has 0 saturated carbocycles. The van der Waals surface area contributed by atoms with E-state index < -0.39 is 42.1 Å². The Morgan fingerprint density at radius 2 is 1.80 bits per heavy atom. The number of quaternary nitrogens is 1. The number of carboxylic acids is 1. The van der Waals surface area contributed by atoms with Gasteiger partial charge in [0.2, 0.25) is 0 Å². The van der Waals surface area contributed by atoms with Crippen LogP contribution >= 0.6 is 0 Å². The number of halogens is 5. The minimum absolute atomic E-state index is 0.00357. The minimum Gasteiger partial charge on any atom is -0.477 e. The lowest BCUT2D eigenvalue weighted by Gasteiger charge is -2.11. The summed E-state index contributed by atoms with van der Waals surface area (Å²) in [5.41, 5.74) is -0.0393. The van der Waals surface area contributed by atoms with Crippen LogP contribution in [-0.4, -0.2) is 29.2 Å². The van der Waals surface area contributed by atoms with Crippen LogP contribution in [0.5, 0.6) is 0 Å². The molecule has 0 heterocycles. The number of benzene rings is 1. The lowest BCUT2D eigenvalue weighted by Crippen LogP contribution is -2.97. The summed E-state index contributed by atoms with van der Waals surface area (Å²) in [5.74, 6) is -6.40. The fourth-order valence-electron chi connectivity index (χ4n) is 1.42. The van der Waals surface area contributed by atoms with Crippen LogP contribution in [0.4, 0.5) is 22.0 Å². The maximum atomic E-state index is 12.9. The number of nitrogens with two attached hydrogens (primary N) is 1. The first-order chi connectivity index (χ1) is 9.11. The molecule has 0 radical (unpaired) electrons. The topological polar surface area (TPSA) is 71.0 Å². The molecule has 0 spiro atoms. The van der Waals surface area contributed by atoms with Crippen molar-refractivity contribution in [2.75, 3.05) is 0 Å². The summed E-state index contributed by atoms with van der Waals surface area (Å²) in [5, 5.41) is 8.76. The smallest absolute Gasteiger partial charge is 0.477 e. The molecule has 0 saturated heterocycles. The van der Waals surface area contributed by atoms with E-state index in [0.717, 1.165) is 12.1 Å². The van der Waals surface area contributed by atoms with Crippen molar-refractivity contribution in [1.82, 2.24) is 0 Å². The van der Waals surface area contributed by atoms with E-state index in [2.05, 4.69) is 0 Å². The van der Waals surface area contributed by atoms with Gasteiger partial charge in [-0.25, -0.2) is 18.4 Å². The molecule has 1 aromatic carbocycles. The molecule has 0 unspecified atom stereocenters. The largest absolute Gasteiger partial charge is 0.509 e. The average molecular weight is 298 g/mol. The Balaban J connectivity index is 2.85. The van der Waals surface area contributed by atoms with Gasteiger partial charge >= 0.3 is 18.1 Å². The van der Waals surface area contributed by atoms with E-state index in [-0.39, 0.29) is 10.9 Å². The van der Waals surface area contributed by atoms with E-state index >= 15 is 0 Å². The van der Waals surface area contributed by atoms with Crippen LogP contribution in [0.2, 0.25) is 0 Å². The summed E-state index contributed by atoms with van der Waals surface area (Å²) in [6.45, 7) is 0. The van der Waals surface area contributed by atoms with E-state index in [1.807, 2.05) is 0 Å². The van der Waals surface area contributed by atoms with Gasteiger partial charge in [0.05, 0.1) is 0 Å². The lowest BCUT2D eigenvalue weighted by atomic mass is 10.1. The Labute approximate surface area is 109 Å². The normalized spacial score (nSPS) is 13.1. The molecule has 110 valence electrons. The predicted molar refractivity (Wildman–Crippen MR) is 54.5 cm³/mol. The van der Waals surface area contributed by atoms with Gasteiger partial charge in [0.25, 0.3) is 0 Å². The molecule has 0 aliphatic heterocycles. The van der Waals surface area contributed by atoms with Gasteiger partial charge < -0.3 is 5.11 Å². The van der Waals surface area contributed by atoms with E-state index in [4.69, 9.17) is 5.11 Å². The highest BCUT2D eigenvalue weighted by Crippen LogP contribution is 2.13.